The summed E-state index contributed by atoms with van der Waals surface area (Å²) in [4.78, 5) is 8.06. The summed E-state index contributed by atoms with van der Waals surface area (Å²) in [7, 11) is 3.01. The van der Waals surface area contributed by atoms with E-state index in [0.29, 0.717) is 17.3 Å². The van der Waals surface area contributed by atoms with Crippen molar-refractivity contribution < 1.29 is 13.9 Å². The lowest BCUT2D eigenvalue weighted by atomic mass is 10.1. The molecular formula is C12H11FN2O2. The van der Waals surface area contributed by atoms with Crippen LogP contribution in [0, 0.1) is 5.82 Å². The molecule has 0 aliphatic heterocycles. The number of aromatic nitrogens is 2. The zero-order valence-corrected chi connectivity index (χ0v) is 9.48. The maximum Gasteiger partial charge on any atom is 0.260 e. The molecule has 0 aliphatic rings. The monoisotopic (exact) mass is 234 g/mol. The molecule has 1 aromatic heterocycles. The smallest absolute Gasteiger partial charge is 0.260 e. The summed E-state index contributed by atoms with van der Waals surface area (Å²) >= 11 is 0. The van der Waals surface area contributed by atoms with Gasteiger partial charge in [-0.15, -0.1) is 0 Å². The van der Waals surface area contributed by atoms with Crippen molar-refractivity contribution in [2.45, 2.75) is 0 Å². The molecule has 0 N–H and O–H groups in total. The SMILES string of the molecule is COc1ncnc(-c2ccc(F)cc2)c1OC. The summed E-state index contributed by atoms with van der Waals surface area (Å²) in [5.41, 5.74) is 1.31. The molecule has 0 fully saturated rings. The van der Waals surface area contributed by atoms with Crippen molar-refractivity contribution in [2.75, 3.05) is 14.2 Å². The Bertz CT molecular complexity index is 514. The van der Waals surface area contributed by atoms with E-state index in [0.717, 1.165) is 5.56 Å². The quantitative estimate of drug-likeness (QED) is 0.817. The largest absolute Gasteiger partial charge is 0.490 e. The van der Waals surface area contributed by atoms with Gasteiger partial charge in [0.05, 0.1) is 14.2 Å². The van der Waals surface area contributed by atoms with E-state index in [9.17, 15) is 4.39 Å². The van der Waals surface area contributed by atoms with E-state index in [1.807, 2.05) is 0 Å². The lowest BCUT2D eigenvalue weighted by Crippen LogP contribution is -1.98. The second kappa shape index (κ2) is 4.78. The molecule has 0 radical (unpaired) electrons. The van der Waals surface area contributed by atoms with Crippen molar-refractivity contribution in [1.29, 1.82) is 0 Å². The summed E-state index contributed by atoms with van der Waals surface area (Å²) in [6.07, 6.45) is 1.38. The summed E-state index contributed by atoms with van der Waals surface area (Å²) < 4.78 is 23.1. The van der Waals surface area contributed by atoms with Crippen molar-refractivity contribution in [3.63, 3.8) is 0 Å². The highest BCUT2D eigenvalue weighted by molar-refractivity contribution is 5.68. The zero-order valence-electron chi connectivity index (χ0n) is 9.48. The zero-order chi connectivity index (χ0) is 12.3. The number of hydrogen-bond donors (Lipinski definition) is 0. The van der Waals surface area contributed by atoms with Gasteiger partial charge in [0.15, 0.2) is 0 Å². The average molecular weight is 234 g/mol. The van der Waals surface area contributed by atoms with E-state index >= 15 is 0 Å². The molecule has 1 aromatic carbocycles. The Morgan fingerprint density at radius 1 is 1.00 bits per heavy atom. The van der Waals surface area contributed by atoms with E-state index in [1.54, 1.807) is 12.1 Å². The highest BCUT2D eigenvalue weighted by Gasteiger charge is 2.14. The Hall–Kier alpha value is -2.17. The number of nitrogens with zero attached hydrogens (tertiary/aromatic N) is 2. The number of halogens is 1. The van der Waals surface area contributed by atoms with Crippen LogP contribution in [0.5, 0.6) is 11.6 Å². The fraction of sp³-hybridized carbons (Fsp3) is 0.167. The lowest BCUT2D eigenvalue weighted by molar-refractivity contribution is 0.342. The molecule has 2 rings (SSSR count). The van der Waals surface area contributed by atoms with Gasteiger partial charge in [0, 0.05) is 5.56 Å². The molecule has 88 valence electrons. The predicted octanol–water partition coefficient (Wildman–Crippen LogP) is 2.30. The van der Waals surface area contributed by atoms with Crippen molar-refractivity contribution in [3.05, 3.63) is 36.4 Å². The van der Waals surface area contributed by atoms with Crippen LogP contribution < -0.4 is 9.47 Å². The van der Waals surface area contributed by atoms with E-state index in [2.05, 4.69) is 9.97 Å². The minimum absolute atomic E-state index is 0.297. The van der Waals surface area contributed by atoms with Crippen molar-refractivity contribution in [1.82, 2.24) is 9.97 Å². The lowest BCUT2D eigenvalue weighted by Gasteiger charge is -2.10. The summed E-state index contributed by atoms with van der Waals surface area (Å²) in [5, 5.41) is 0. The molecule has 0 atom stereocenters. The second-order valence-electron chi connectivity index (χ2n) is 3.27. The molecule has 0 saturated heterocycles. The van der Waals surface area contributed by atoms with Crippen LogP contribution in [0.15, 0.2) is 30.6 Å². The van der Waals surface area contributed by atoms with E-state index in [1.165, 1.54) is 32.7 Å². The van der Waals surface area contributed by atoms with Crippen molar-refractivity contribution in [2.24, 2.45) is 0 Å². The molecule has 0 unspecified atom stereocenters. The third-order valence-corrected chi connectivity index (χ3v) is 2.29. The van der Waals surface area contributed by atoms with Gasteiger partial charge < -0.3 is 9.47 Å². The van der Waals surface area contributed by atoms with E-state index < -0.39 is 0 Å². The Kier molecular flexibility index (Phi) is 3.18. The topological polar surface area (TPSA) is 44.2 Å². The third-order valence-electron chi connectivity index (χ3n) is 2.29. The van der Waals surface area contributed by atoms with Crippen LogP contribution in [0.2, 0.25) is 0 Å². The van der Waals surface area contributed by atoms with E-state index in [-0.39, 0.29) is 5.82 Å². The maximum atomic E-state index is 12.8. The molecule has 0 amide bonds. The van der Waals surface area contributed by atoms with E-state index in [4.69, 9.17) is 9.47 Å². The highest BCUT2D eigenvalue weighted by Crippen LogP contribution is 2.33. The molecule has 0 saturated carbocycles. The minimum atomic E-state index is -0.297. The van der Waals surface area contributed by atoms with Gasteiger partial charge in [-0.2, -0.15) is 4.98 Å². The number of benzene rings is 1. The highest BCUT2D eigenvalue weighted by atomic mass is 19.1. The first kappa shape index (κ1) is 11.3. The van der Waals surface area contributed by atoms with Gasteiger partial charge in [-0.3, -0.25) is 0 Å². The van der Waals surface area contributed by atoms with Gasteiger partial charge in [0.1, 0.15) is 17.8 Å². The fourth-order valence-corrected chi connectivity index (χ4v) is 1.50. The molecule has 2 aromatic rings. The summed E-state index contributed by atoms with van der Waals surface area (Å²) in [5.74, 6) is 0.483. The molecule has 4 nitrogen and oxygen atoms in total. The number of methoxy groups -OCH3 is 2. The number of hydrogen-bond acceptors (Lipinski definition) is 4. The van der Waals surface area contributed by atoms with Crippen molar-refractivity contribution in [3.8, 4) is 22.9 Å². The number of rotatable bonds is 3. The van der Waals surface area contributed by atoms with Gasteiger partial charge in [0.2, 0.25) is 5.75 Å². The Labute approximate surface area is 98.1 Å². The Morgan fingerprint density at radius 2 is 1.71 bits per heavy atom. The van der Waals surface area contributed by atoms with Crippen LogP contribution in [0.25, 0.3) is 11.3 Å². The molecule has 0 bridgehead atoms. The Balaban J connectivity index is 2.54. The van der Waals surface area contributed by atoms with Crippen LogP contribution in [0.1, 0.15) is 0 Å². The van der Waals surface area contributed by atoms with Crippen LogP contribution in [-0.2, 0) is 0 Å². The molecular weight excluding hydrogens is 223 g/mol. The Morgan fingerprint density at radius 3 is 2.29 bits per heavy atom. The standard InChI is InChI=1S/C12H11FN2O2/c1-16-11-10(14-7-15-12(11)17-2)8-3-5-9(13)6-4-8/h3-7H,1-2H3. The first-order valence-electron chi connectivity index (χ1n) is 4.95. The van der Waals surface area contributed by atoms with Gasteiger partial charge in [0.25, 0.3) is 5.88 Å². The van der Waals surface area contributed by atoms with Crippen molar-refractivity contribution >= 4 is 0 Å². The fourth-order valence-electron chi connectivity index (χ4n) is 1.50. The van der Waals surface area contributed by atoms with Gasteiger partial charge >= 0.3 is 0 Å². The maximum absolute atomic E-state index is 12.8. The predicted molar refractivity (Wildman–Crippen MR) is 60.5 cm³/mol. The van der Waals surface area contributed by atoms with Gasteiger partial charge in [-0.05, 0) is 24.3 Å². The average Bonchev–Trinajstić information content (AvgIpc) is 2.38. The molecule has 5 heteroatoms. The second-order valence-corrected chi connectivity index (χ2v) is 3.27. The summed E-state index contributed by atoms with van der Waals surface area (Å²) in [6.45, 7) is 0. The van der Waals surface area contributed by atoms with Crippen LogP contribution in [0.3, 0.4) is 0 Å². The molecule has 17 heavy (non-hydrogen) atoms. The first-order valence-corrected chi connectivity index (χ1v) is 4.95. The third kappa shape index (κ3) is 2.18. The van der Waals surface area contributed by atoms with Crippen LogP contribution >= 0.6 is 0 Å². The van der Waals surface area contributed by atoms with Gasteiger partial charge in [-0.1, -0.05) is 0 Å². The molecule has 0 aliphatic carbocycles. The van der Waals surface area contributed by atoms with Gasteiger partial charge in [-0.25, -0.2) is 9.37 Å². The van der Waals surface area contributed by atoms with Crippen LogP contribution in [0.4, 0.5) is 4.39 Å². The minimum Gasteiger partial charge on any atom is -0.490 e. The molecule has 1 heterocycles. The molecule has 0 spiro atoms. The normalized spacial score (nSPS) is 10.1. The summed E-state index contributed by atoms with van der Waals surface area (Å²) in [6, 6.07) is 5.98. The first-order chi connectivity index (χ1) is 8.26. The number of ether oxygens (including phenoxy) is 2. The van der Waals surface area contributed by atoms with Crippen LogP contribution in [-0.4, -0.2) is 24.2 Å².